The normalized spacial score (nSPS) is 14.1. The van der Waals surface area contributed by atoms with Crippen LogP contribution in [0.15, 0.2) is 48.5 Å². The zero-order valence-electron chi connectivity index (χ0n) is 14.8. The summed E-state index contributed by atoms with van der Waals surface area (Å²) in [4.78, 5) is 27.6. The highest BCUT2D eigenvalue weighted by Gasteiger charge is 2.20. The van der Waals surface area contributed by atoms with E-state index >= 15 is 0 Å². The third-order valence-corrected chi connectivity index (χ3v) is 5.18. The number of aromatic nitrogens is 2. The van der Waals surface area contributed by atoms with E-state index in [1.807, 2.05) is 28.8 Å². The summed E-state index contributed by atoms with van der Waals surface area (Å²) in [6.07, 6.45) is 4.88. The molecule has 27 heavy (non-hydrogen) atoms. The van der Waals surface area contributed by atoms with Crippen molar-refractivity contribution in [2.24, 2.45) is 5.92 Å². The Morgan fingerprint density at radius 3 is 2.78 bits per heavy atom. The largest absolute Gasteiger partial charge is 0.310 e. The third-order valence-electron chi connectivity index (χ3n) is 5.18. The summed E-state index contributed by atoms with van der Waals surface area (Å²) in [6, 6.07) is 13.5. The average molecular weight is 364 g/mol. The highest BCUT2D eigenvalue weighted by atomic mass is 16.6. The number of benzene rings is 2. The highest BCUT2D eigenvalue weighted by Crippen LogP contribution is 2.31. The van der Waals surface area contributed by atoms with Crippen molar-refractivity contribution in [2.45, 2.75) is 32.2 Å². The maximum atomic E-state index is 12.6. The topological polar surface area (TPSA) is 90.1 Å². The number of nitro groups is 1. The second kappa shape index (κ2) is 7.19. The van der Waals surface area contributed by atoms with Gasteiger partial charge < -0.3 is 4.57 Å². The van der Waals surface area contributed by atoms with Crippen molar-refractivity contribution in [2.75, 3.05) is 5.32 Å². The minimum atomic E-state index is -0.509. The van der Waals surface area contributed by atoms with Gasteiger partial charge in [-0.25, -0.2) is 4.98 Å². The Morgan fingerprint density at radius 1 is 1.22 bits per heavy atom. The van der Waals surface area contributed by atoms with Crippen LogP contribution < -0.4 is 5.32 Å². The molecule has 1 fully saturated rings. The zero-order valence-corrected chi connectivity index (χ0v) is 14.8. The number of carbonyl (C=O) groups is 1. The first-order chi connectivity index (χ1) is 13.1. The smallest absolute Gasteiger partial charge is 0.270 e. The highest BCUT2D eigenvalue weighted by molar-refractivity contribution is 6.04. The Bertz CT molecular complexity index is 1010. The lowest BCUT2D eigenvalue weighted by molar-refractivity contribution is -0.384. The van der Waals surface area contributed by atoms with Gasteiger partial charge in [-0.3, -0.25) is 20.2 Å². The number of nitro benzene ring substituents is 1. The van der Waals surface area contributed by atoms with Crippen LogP contribution in [0.1, 0.15) is 36.0 Å². The molecular formula is C20H20N4O3. The summed E-state index contributed by atoms with van der Waals surface area (Å²) in [5.41, 5.74) is 1.93. The van der Waals surface area contributed by atoms with Gasteiger partial charge >= 0.3 is 0 Å². The van der Waals surface area contributed by atoms with E-state index < -0.39 is 10.8 Å². The molecule has 0 bridgehead atoms. The Hall–Kier alpha value is -3.22. The second-order valence-corrected chi connectivity index (χ2v) is 6.92. The molecule has 0 spiro atoms. The number of para-hydroxylation sites is 2. The third kappa shape index (κ3) is 3.53. The molecule has 0 aliphatic heterocycles. The predicted octanol–water partition coefficient (Wildman–Crippen LogP) is 4.39. The standard InChI is InChI=1S/C20H20N4O3/c25-19(15-7-4-8-16(13-15)24(26)27)22-20-21-17-9-1-2-10-18(17)23(20)12-11-14-5-3-6-14/h1-2,4,7-10,13-14H,3,5-6,11-12H2,(H,21,22,25). The number of aryl methyl sites for hydroxylation is 1. The van der Waals surface area contributed by atoms with Crippen molar-refractivity contribution in [3.05, 3.63) is 64.2 Å². The molecule has 1 saturated carbocycles. The SMILES string of the molecule is O=C(Nc1nc2ccccc2n1CCC1CCC1)c1cccc([N+](=O)[O-])c1. The Labute approximate surface area is 156 Å². The van der Waals surface area contributed by atoms with Gasteiger partial charge in [0, 0.05) is 24.2 Å². The van der Waals surface area contributed by atoms with Crippen molar-refractivity contribution in [1.82, 2.24) is 9.55 Å². The molecule has 4 rings (SSSR count). The number of fused-ring (bicyclic) bond motifs is 1. The summed E-state index contributed by atoms with van der Waals surface area (Å²) in [5.74, 6) is 0.817. The van der Waals surface area contributed by atoms with Crippen LogP contribution in [0.5, 0.6) is 0 Å². The molecule has 3 aromatic rings. The number of hydrogen-bond donors (Lipinski definition) is 1. The van der Waals surface area contributed by atoms with Crippen LogP contribution in [-0.2, 0) is 6.54 Å². The van der Waals surface area contributed by atoms with E-state index in [2.05, 4.69) is 10.3 Å². The predicted molar refractivity (Wildman–Crippen MR) is 103 cm³/mol. The first-order valence-corrected chi connectivity index (χ1v) is 9.13. The van der Waals surface area contributed by atoms with E-state index in [0.29, 0.717) is 5.95 Å². The van der Waals surface area contributed by atoms with Crippen molar-refractivity contribution in [3.8, 4) is 0 Å². The van der Waals surface area contributed by atoms with Crippen molar-refractivity contribution in [3.63, 3.8) is 0 Å². The molecule has 1 aliphatic carbocycles. The van der Waals surface area contributed by atoms with Crippen LogP contribution >= 0.6 is 0 Å². The molecule has 7 nitrogen and oxygen atoms in total. The molecular weight excluding hydrogens is 344 g/mol. The lowest BCUT2D eigenvalue weighted by Gasteiger charge is -2.25. The molecule has 1 amide bonds. The zero-order chi connectivity index (χ0) is 18.8. The van der Waals surface area contributed by atoms with E-state index in [1.165, 1.54) is 37.5 Å². The second-order valence-electron chi connectivity index (χ2n) is 6.92. The van der Waals surface area contributed by atoms with Crippen LogP contribution in [0.25, 0.3) is 11.0 Å². The first kappa shape index (κ1) is 17.2. The van der Waals surface area contributed by atoms with Gasteiger partial charge in [0.2, 0.25) is 5.95 Å². The summed E-state index contributed by atoms with van der Waals surface area (Å²) < 4.78 is 2.03. The van der Waals surface area contributed by atoms with E-state index in [-0.39, 0.29) is 11.3 Å². The fraction of sp³-hybridized carbons (Fsp3) is 0.300. The molecule has 0 radical (unpaired) electrons. The number of hydrogen-bond acceptors (Lipinski definition) is 4. The van der Waals surface area contributed by atoms with Crippen molar-refractivity contribution in [1.29, 1.82) is 0 Å². The molecule has 0 unspecified atom stereocenters. The molecule has 1 aromatic heterocycles. The van der Waals surface area contributed by atoms with Gasteiger partial charge in [0.1, 0.15) is 0 Å². The van der Waals surface area contributed by atoms with Crippen molar-refractivity contribution < 1.29 is 9.72 Å². The quantitative estimate of drug-likeness (QED) is 0.519. The number of nitrogens with zero attached hydrogens (tertiary/aromatic N) is 3. The lowest BCUT2D eigenvalue weighted by Crippen LogP contribution is -2.18. The average Bonchev–Trinajstić information content (AvgIpc) is 2.98. The monoisotopic (exact) mass is 364 g/mol. The van der Waals surface area contributed by atoms with Crippen LogP contribution in [0.3, 0.4) is 0 Å². The van der Waals surface area contributed by atoms with Gasteiger partial charge in [-0.15, -0.1) is 0 Å². The fourth-order valence-electron chi connectivity index (χ4n) is 3.42. The van der Waals surface area contributed by atoms with E-state index in [1.54, 1.807) is 6.07 Å². The van der Waals surface area contributed by atoms with Crippen LogP contribution in [0.2, 0.25) is 0 Å². The lowest BCUT2D eigenvalue weighted by atomic mass is 9.83. The number of carbonyl (C=O) groups excluding carboxylic acids is 1. The van der Waals surface area contributed by atoms with Gasteiger partial charge in [-0.05, 0) is 30.5 Å². The van der Waals surface area contributed by atoms with Crippen molar-refractivity contribution >= 4 is 28.6 Å². The summed E-state index contributed by atoms with van der Waals surface area (Å²) in [6.45, 7) is 0.787. The number of anilines is 1. The molecule has 1 heterocycles. The van der Waals surface area contributed by atoms with E-state index in [9.17, 15) is 14.9 Å². The van der Waals surface area contributed by atoms with Gasteiger partial charge in [-0.2, -0.15) is 0 Å². The first-order valence-electron chi connectivity index (χ1n) is 9.13. The molecule has 138 valence electrons. The Morgan fingerprint density at radius 2 is 2.04 bits per heavy atom. The number of nitrogens with one attached hydrogen (secondary N) is 1. The molecule has 2 aromatic carbocycles. The molecule has 0 saturated heterocycles. The number of amides is 1. The van der Waals surface area contributed by atoms with Gasteiger partial charge in [0.05, 0.1) is 16.0 Å². The van der Waals surface area contributed by atoms with E-state index in [0.717, 1.165) is 29.9 Å². The number of non-ortho nitro benzene ring substituents is 1. The van der Waals surface area contributed by atoms with Gasteiger partial charge in [0.15, 0.2) is 0 Å². The van der Waals surface area contributed by atoms with E-state index in [4.69, 9.17) is 0 Å². The number of imidazole rings is 1. The van der Waals surface area contributed by atoms with Crippen LogP contribution in [0.4, 0.5) is 11.6 Å². The van der Waals surface area contributed by atoms with Gasteiger partial charge in [-0.1, -0.05) is 37.5 Å². The van der Waals surface area contributed by atoms with Crippen LogP contribution in [-0.4, -0.2) is 20.4 Å². The van der Waals surface area contributed by atoms with Gasteiger partial charge in [0.25, 0.3) is 11.6 Å². The maximum absolute atomic E-state index is 12.6. The molecule has 1 N–H and O–H groups in total. The fourth-order valence-corrected chi connectivity index (χ4v) is 3.42. The molecule has 0 atom stereocenters. The molecule has 7 heteroatoms. The van der Waals surface area contributed by atoms with Crippen LogP contribution in [0, 0.1) is 16.0 Å². The maximum Gasteiger partial charge on any atom is 0.270 e. The summed E-state index contributed by atoms with van der Waals surface area (Å²) in [5, 5.41) is 13.8. The summed E-state index contributed by atoms with van der Waals surface area (Å²) in [7, 11) is 0. The number of rotatable bonds is 6. The summed E-state index contributed by atoms with van der Waals surface area (Å²) >= 11 is 0. The minimum Gasteiger partial charge on any atom is -0.310 e. The minimum absolute atomic E-state index is 0.110. The Kier molecular flexibility index (Phi) is 4.58. The molecule has 1 aliphatic rings. The Balaban J connectivity index is 1.61.